The topological polar surface area (TPSA) is 67.7 Å². The molecule has 1 aromatic heterocycles. The first kappa shape index (κ1) is 26.3. The molecule has 0 aliphatic carbocycles. The molecule has 2 aliphatic rings. The number of morpholine rings is 1. The number of hydrogen-bond donors (Lipinski definition) is 0. The quantitative estimate of drug-likeness (QED) is 0.341. The van der Waals surface area contributed by atoms with Crippen LogP contribution in [-0.4, -0.2) is 65.1 Å². The highest BCUT2D eigenvalue weighted by Gasteiger charge is 2.38. The van der Waals surface area contributed by atoms with Crippen LogP contribution in [0.3, 0.4) is 0 Å². The maximum atomic E-state index is 13.9. The molecule has 40 heavy (non-hydrogen) atoms. The van der Waals surface area contributed by atoms with Gasteiger partial charge in [-0.05, 0) is 36.6 Å². The Kier molecular flexibility index (Phi) is 7.45. The van der Waals surface area contributed by atoms with Crippen LogP contribution in [0, 0.1) is 13.8 Å². The normalized spacial score (nSPS) is 17.4. The summed E-state index contributed by atoms with van der Waals surface area (Å²) in [5, 5.41) is 5.07. The largest absolute Gasteiger partial charge is 0.378 e. The van der Waals surface area contributed by atoms with Crippen molar-refractivity contribution < 1.29 is 14.3 Å². The molecule has 1 fully saturated rings. The van der Waals surface area contributed by atoms with E-state index in [2.05, 4.69) is 31.2 Å². The number of carbonyl (C=O) groups is 2. The highest BCUT2D eigenvalue weighted by atomic mass is 32.2. The number of ether oxygens (including phenoxy) is 1. The van der Waals surface area contributed by atoms with Crippen molar-refractivity contribution in [1.82, 2.24) is 14.7 Å². The minimum absolute atomic E-state index is 0.0430. The number of para-hydroxylation sites is 1. The predicted molar refractivity (Wildman–Crippen MR) is 159 cm³/mol. The van der Waals surface area contributed by atoms with Gasteiger partial charge in [0.05, 0.1) is 35.6 Å². The number of aryl methyl sites for hydroxylation is 2. The number of thioether (sulfide) groups is 1. The van der Waals surface area contributed by atoms with Crippen molar-refractivity contribution in [3.63, 3.8) is 0 Å². The monoisotopic (exact) mass is 552 g/mol. The fourth-order valence-electron chi connectivity index (χ4n) is 5.47. The van der Waals surface area contributed by atoms with Crippen molar-refractivity contribution in [2.45, 2.75) is 19.1 Å². The van der Waals surface area contributed by atoms with Gasteiger partial charge in [-0.3, -0.25) is 14.5 Å². The second-order valence-electron chi connectivity index (χ2n) is 10.2. The summed E-state index contributed by atoms with van der Waals surface area (Å²) in [5.74, 6) is 0.739. The Labute approximate surface area is 238 Å². The molecule has 0 bridgehead atoms. The molecular weight excluding hydrogens is 520 g/mol. The van der Waals surface area contributed by atoms with Gasteiger partial charge in [0.25, 0.3) is 0 Å². The summed E-state index contributed by atoms with van der Waals surface area (Å²) in [6, 6.07) is 26.5. The third-order valence-electron chi connectivity index (χ3n) is 7.61. The molecule has 6 rings (SSSR count). The number of anilines is 1. The van der Waals surface area contributed by atoms with Gasteiger partial charge in [0.1, 0.15) is 12.4 Å². The van der Waals surface area contributed by atoms with E-state index in [9.17, 15) is 9.59 Å². The number of benzene rings is 3. The average molecular weight is 553 g/mol. The number of hydrogen-bond acceptors (Lipinski definition) is 5. The Hall–Kier alpha value is -3.88. The van der Waals surface area contributed by atoms with Gasteiger partial charge >= 0.3 is 0 Å². The highest BCUT2D eigenvalue weighted by Crippen LogP contribution is 2.49. The molecule has 0 spiro atoms. The Morgan fingerprint density at radius 1 is 0.925 bits per heavy atom. The minimum Gasteiger partial charge on any atom is -0.378 e. The van der Waals surface area contributed by atoms with E-state index in [1.54, 1.807) is 21.6 Å². The van der Waals surface area contributed by atoms with Gasteiger partial charge < -0.3 is 9.64 Å². The van der Waals surface area contributed by atoms with Crippen LogP contribution in [0.1, 0.15) is 27.5 Å². The number of nitrogens with zero attached hydrogens (tertiary/aromatic N) is 4. The lowest BCUT2D eigenvalue weighted by molar-refractivity contribution is -0.134. The summed E-state index contributed by atoms with van der Waals surface area (Å²) in [4.78, 5) is 31.0. The maximum Gasteiger partial charge on any atom is 0.242 e. The van der Waals surface area contributed by atoms with E-state index in [4.69, 9.17) is 9.84 Å². The van der Waals surface area contributed by atoms with Crippen molar-refractivity contribution >= 4 is 29.4 Å². The second kappa shape index (κ2) is 11.3. The molecule has 3 aromatic carbocycles. The zero-order chi connectivity index (χ0) is 27.6. The summed E-state index contributed by atoms with van der Waals surface area (Å²) in [6.45, 7) is 6.18. The molecule has 7 nitrogen and oxygen atoms in total. The molecule has 0 radical (unpaired) electrons. The number of amides is 2. The molecule has 2 amide bonds. The Bertz CT molecular complexity index is 1550. The molecular formula is C32H32N4O3S. The molecule has 1 saturated heterocycles. The minimum atomic E-state index is -0.142. The van der Waals surface area contributed by atoms with E-state index in [-0.39, 0.29) is 29.4 Å². The fraction of sp³-hybridized carbons (Fsp3) is 0.281. The standard InChI is InChI=1S/C32H32N4O3S/c1-22-10-6-8-14-25(22)31-29-30(24-12-4-3-5-13-24)33-36(26-15-9-7-11-23(26)2)32(29)35(28(38)21-40-31)20-27(37)34-16-18-39-19-17-34/h3-15,31H,16-21H2,1-2H3/t31-/m0/s1. The molecule has 0 N–H and O–H groups in total. The van der Waals surface area contributed by atoms with Crippen molar-refractivity contribution in [3.8, 4) is 16.9 Å². The van der Waals surface area contributed by atoms with Crippen LogP contribution in [-0.2, 0) is 14.3 Å². The van der Waals surface area contributed by atoms with Crippen molar-refractivity contribution in [1.29, 1.82) is 0 Å². The van der Waals surface area contributed by atoms with Crippen LogP contribution in [0.15, 0.2) is 78.9 Å². The van der Waals surface area contributed by atoms with Gasteiger partial charge in [0, 0.05) is 24.2 Å². The zero-order valence-electron chi connectivity index (χ0n) is 22.7. The number of fused-ring (bicyclic) bond motifs is 1. The van der Waals surface area contributed by atoms with Crippen LogP contribution < -0.4 is 4.90 Å². The first-order valence-corrected chi connectivity index (χ1v) is 14.6. The van der Waals surface area contributed by atoms with Gasteiger partial charge in [0.2, 0.25) is 11.8 Å². The van der Waals surface area contributed by atoms with Crippen LogP contribution in [0.25, 0.3) is 16.9 Å². The van der Waals surface area contributed by atoms with E-state index < -0.39 is 0 Å². The lowest BCUT2D eigenvalue weighted by Crippen LogP contribution is -2.48. The van der Waals surface area contributed by atoms with E-state index in [0.717, 1.165) is 39.2 Å². The molecule has 0 saturated carbocycles. The lowest BCUT2D eigenvalue weighted by Gasteiger charge is -2.30. The fourth-order valence-corrected chi connectivity index (χ4v) is 6.76. The Morgan fingerprint density at radius 2 is 1.60 bits per heavy atom. The van der Waals surface area contributed by atoms with Gasteiger partial charge in [0.15, 0.2) is 0 Å². The Balaban J connectivity index is 1.61. The summed E-state index contributed by atoms with van der Waals surface area (Å²) < 4.78 is 7.35. The highest BCUT2D eigenvalue weighted by molar-refractivity contribution is 8.00. The first-order chi connectivity index (χ1) is 19.5. The Morgan fingerprint density at radius 3 is 2.33 bits per heavy atom. The molecule has 0 unspecified atom stereocenters. The van der Waals surface area contributed by atoms with Crippen LogP contribution >= 0.6 is 11.8 Å². The molecule has 4 aromatic rings. The van der Waals surface area contributed by atoms with E-state index >= 15 is 0 Å². The molecule has 204 valence electrons. The summed E-state index contributed by atoms with van der Waals surface area (Å²) in [6.07, 6.45) is 0. The molecule has 8 heteroatoms. The maximum absolute atomic E-state index is 13.9. The van der Waals surface area contributed by atoms with Gasteiger partial charge in [-0.15, -0.1) is 11.8 Å². The SMILES string of the molecule is Cc1ccccc1[C@@H]1SCC(=O)N(CC(=O)N2CCOCC2)c2c1c(-c1ccccc1)nn2-c1ccccc1C. The van der Waals surface area contributed by atoms with Gasteiger partial charge in [-0.1, -0.05) is 72.8 Å². The third-order valence-corrected chi connectivity index (χ3v) is 8.84. The second-order valence-corrected chi connectivity index (χ2v) is 11.3. The van der Waals surface area contributed by atoms with Gasteiger partial charge in [-0.2, -0.15) is 5.10 Å². The number of aromatic nitrogens is 2. The average Bonchev–Trinajstić information content (AvgIpc) is 3.31. The van der Waals surface area contributed by atoms with Crippen molar-refractivity contribution in [2.75, 3.05) is 43.5 Å². The van der Waals surface area contributed by atoms with E-state index in [1.807, 2.05) is 66.2 Å². The molecule has 3 heterocycles. The van der Waals surface area contributed by atoms with Crippen molar-refractivity contribution in [3.05, 3.63) is 101 Å². The predicted octanol–water partition coefficient (Wildman–Crippen LogP) is 5.18. The molecule has 2 aliphatic heterocycles. The number of rotatable bonds is 5. The third kappa shape index (κ3) is 4.93. The summed E-state index contributed by atoms with van der Waals surface area (Å²) in [7, 11) is 0. The zero-order valence-corrected chi connectivity index (χ0v) is 23.6. The lowest BCUT2D eigenvalue weighted by atomic mass is 9.96. The van der Waals surface area contributed by atoms with Crippen LogP contribution in [0.5, 0.6) is 0 Å². The molecule has 1 atom stereocenters. The van der Waals surface area contributed by atoms with Crippen molar-refractivity contribution in [2.24, 2.45) is 0 Å². The summed E-state index contributed by atoms with van der Waals surface area (Å²) >= 11 is 1.60. The van der Waals surface area contributed by atoms with Crippen LogP contribution in [0.2, 0.25) is 0 Å². The van der Waals surface area contributed by atoms with E-state index in [0.29, 0.717) is 32.1 Å². The smallest absolute Gasteiger partial charge is 0.242 e. The van der Waals surface area contributed by atoms with Crippen LogP contribution in [0.4, 0.5) is 5.82 Å². The first-order valence-electron chi connectivity index (χ1n) is 13.6. The summed E-state index contributed by atoms with van der Waals surface area (Å²) in [5.41, 5.74) is 6.95. The van der Waals surface area contributed by atoms with Gasteiger partial charge in [-0.25, -0.2) is 4.68 Å². The van der Waals surface area contributed by atoms with E-state index in [1.165, 1.54) is 0 Å². The number of carbonyl (C=O) groups excluding carboxylic acids is 2.